The Bertz CT molecular complexity index is 546. The van der Waals surface area contributed by atoms with Gasteiger partial charge in [0.05, 0.1) is 5.69 Å². The second-order valence-electron chi connectivity index (χ2n) is 3.86. The van der Waals surface area contributed by atoms with E-state index < -0.39 is 0 Å². The Balaban J connectivity index is 2.13. The molecular weight excluding hydrogens is 249 g/mol. The van der Waals surface area contributed by atoms with E-state index in [2.05, 4.69) is 15.5 Å². The first-order valence-electron chi connectivity index (χ1n) is 5.69. The average Bonchev–Trinajstić information content (AvgIpc) is 2.85. The van der Waals surface area contributed by atoms with Crippen molar-refractivity contribution in [2.45, 2.75) is 20.3 Å². The minimum atomic E-state index is -0.240. The fraction of sp³-hybridized carbons (Fsp3) is 0.231. The summed E-state index contributed by atoms with van der Waals surface area (Å²) in [5.41, 5.74) is 5.67. The lowest BCUT2D eigenvalue weighted by Gasteiger charge is -1.97. The average molecular weight is 263 g/mol. The van der Waals surface area contributed by atoms with E-state index in [4.69, 9.17) is 0 Å². The van der Waals surface area contributed by atoms with Crippen molar-refractivity contribution in [1.29, 1.82) is 0 Å². The first-order valence-corrected chi connectivity index (χ1v) is 6.57. The van der Waals surface area contributed by atoms with Crippen LogP contribution in [0.25, 0.3) is 11.3 Å². The number of aromatic nitrogens is 1. The van der Waals surface area contributed by atoms with Gasteiger partial charge in [0.15, 0.2) is 0 Å². The number of hydrogen-bond acceptors (Lipinski definition) is 4. The van der Waals surface area contributed by atoms with Crippen molar-refractivity contribution < 1.29 is 4.39 Å². The lowest BCUT2D eigenvalue weighted by atomic mass is 10.2. The summed E-state index contributed by atoms with van der Waals surface area (Å²) in [5, 5.41) is 6.85. The van der Waals surface area contributed by atoms with E-state index in [0.29, 0.717) is 0 Å². The van der Waals surface area contributed by atoms with Crippen molar-refractivity contribution in [2.24, 2.45) is 5.10 Å². The highest BCUT2D eigenvalue weighted by molar-refractivity contribution is 7.14. The lowest BCUT2D eigenvalue weighted by molar-refractivity contribution is 0.628. The molecule has 0 amide bonds. The largest absolute Gasteiger partial charge is 0.253 e. The van der Waals surface area contributed by atoms with Crippen LogP contribution in [0.5, 0.6) is 0 Å². The molecule has 0 saturated carbocycles. The fourth-order valence-corrected chi connectivity index (χ4v) is 1.96. The van der Waals surface area contributed by atoms with Crippen LogP contribution in [0.1, 0.15) is 20.3 Å². The molecule has 18 heavy (non-hydrogen) atoms. The topological polar surface area (TPSA) is 37.3 Å². The van der Waals surface area contributed by atoms with Gasteiger partial charge in [-0.15, -0.1) is 11.3 Å². The maximum Gasteiger partial charge on any atom is 0.203 e. The van der Waals surface area contributed by atoms with Gasteiger partial charge in [0.25, 0.3) is 0 Å². The van der Waals surface area contributed by atoms with Crippen LogP contribution < -0.4 is 5.43 Å². The third-order valence-corrected chi connectivity index (χ3v) is 3.25. The number of nitrogens with zero attached hydrogens (tertiary/aromatic N) is 2. The Morgan fingerprint density at radius 2 is 2.11 bits per heavy atom. The van der Waals surface area contributed by atoms with Gasteiger partial charge in [0.1, 0.15) is 5.82 Å². The Hall–Kier alpha value is -1.75. The number of rotatable bonds is 4. The van der Waals surface area contributed by atoms with E-state index in [1.807, 2.05) is 19.2 Å². The second kappa shape index (κ2) is 5.73. The van der Waals surface area contributed by atoms with Gasteiger partial charge in [0.2, 0.25) is 5.13 Å². The third-order valence-electron chi connectivity index (χ3n) is 2.50. The Morgan fingerprint density at radius 3 is 2.78 bits per heavy atom. The minimum Gasteiger partial charge on any atom is -0.253 e. The van der Waals surface area contributed by atoms with Gasteiger partial charge in [-0.1, -0.05) is 6.92 Å². The van der Waals surface area contributed by atoms with Crippen LogP contribution in [0.15, 0.2) is 34.7 Å². The van der Waals surface area contributed by atoms with E-state index in [1.165, 1.54) is 23.5 Å². The van der Waals surface area contributed by atoms with E-state index in [9.17, 15) is 4.39 Å². The molecule has 0 aliphatic rings. The molecule has 1 heterocycles. The SMILES string of the molecule is CCC(C)=NNc1nc(-c2ccc(F)cc2)cs1. The van der Waals surface area contributed by atoms with Crippen molar-refractivity contribution in [3.8, 4) is 11.3 Å². The molecule has 0 radical (unpaired) electrons. The number of benzene rings is 1. The Morgan fingerprint density at radius 1 is 1.39 bits per heavy atom. The predicted octanol–water partition coefficient (Wildman–Crippen LogP) is 4.15. The van der Waals surface area contributed by atoms with E-state index in [0.717, 1.165) is 28.5 Å². The molecule has 94 valence electrons. The van der Waals surface area contributed by atoms with Crippen LogP contribution in [0, 0.1) is 5.82 Å². The molecule has 0 atom stereocenters. The van der Waals surface area contributed by atoms with Crippen LogP contribution in [-0.2, 0) is 0 Å². The first kappa shape index (κ1) is 12.7. The van der Waals surface area contributed by atoms with Gasteiger partial charge in [-0.3, -0.25) is 5.43 Å². The van der Waals surface area contributed by atoms with Crippen molar-refractivity contribution >= 4 is 22.2 Å². The normalized spacial score (nSPS) is 11.6. The summed E-state index contributed by atoms with van der Waals surface area (Å²) in [7, 11) is 0. The molecule has 1 N–H and O–H groups in total. The summed E-state index contributed by atoms with van der Waals surface area (Å²) < 4.78 is 12.8. The molecule has 0 saturated heterocycles. The summed E-state index contributed by atoms with van der Waals surface area (Å²) in [6, 6.07) is 6.30. The lowest BCUT2D eigenvalue weighted by Crippen LogP contribution is -1.95. The molecule has 2 rings (SSSR count). The number of nitrogens with one attached hydrogen (secondary N) is 1. The highest BCUT2D eigenvalue weighted by atomic mass is 32.1. The highest BCUT2D eigenvalue weighted by Crippen LogP contribution is 2.24. The van der Waals surface area contributed by atoms with Gasteiger partial charge in [-0.25, -0.2) is 9.37 Å². The molecule has 0 bridgehead atoms. The number of halogens is 1. The van der Waals surface area contributed by atoms with E-state index >= 15 is 0 Å². The van der Waals surface area contributed by atoms with Crippen LogP contribution in [0.3, 0.4) is 0 Å². The Kier molecular flexibility index (Phi) is 4.04. The summed E-state index contributed by atoms with van der Waals surface area (Å²) in [4.78, 5) is 4.39. The van der Waals surface area contributed by atoms with Gasteiger partial charge >= 0.3 is 0 Å². The van der Waals surface area contributed by atoms with E-state index in [-0.39, 0.29) is 5.82 Å². The van der Waals surface area contributed by atoms with Gasteiger partial charge in [-0.2, -0.15) is 5.10 Å². The monoisotopic (exact) mass is 263 g/mol. The summed E-state index contributed by atoms with van der Waals surface area (Å²) >= 11 is 1.48. The van der Waals surface area contributed by atoms with Crippen molar-refractivity contribution in [2.75, 3.05) is 5.43 Å². The van der Waals surface area contributed by atoms with Crippen LogP contribution in [0.4, 0.5) is 9.52 Å². The zero-order chi connectivity index (χ0) is 13.0. The predicted molar refractivity (Wildman–Crippen MR) is 74.5 cm³/mol. The van der Waals surface area contributed by atoms with Gasteiger partial charge in [-0.05, 0) is 37.6 Å². The van der Waals surface area contributed by atoms with Crippen LogP contribution >= 0.6 is 11.3 Å². The first-order chi connectivity index (χ1) is 8.69. The summed E-state index contributed by atoms with van der Waals surface area (Å²) in [5.74, 6) is -0.240. The molecular formula is C13H14FN3S. The number of anilines is 1. The quantitative estimate of drug-likeness (QED) is 0.664. The molecule has 0 unspecified atom stereocenters. The summed E-state index contributed by atoms with van der Waals surface area (Å²) in [6.45, 7) is 4.01. The van der Waals surface area contributed by atoms with Gasteiger partial charge < -0.3 is 0 Å². The molecule has 1 aromatic heterocycles. The molecule has 5 heteroatoms. The molecule has 0 fully saturated rings. The van der Waals surface area contributed by atoms with E-state index in [1.54, 1.807) is 12.1 Å². The second-order valence-corrected chi connectivity index (χ2v) is 4.72. The molecule has 0 aliphatic carbocycles. The number of hydrazone groups is 1. The molecule has 2 aromatic rings. The third kappa shape index (κ3) is 3.13. The van der Waals surface area contributed by atoms with Crippen LogP contribution in [0.2, 0.25) is 0 Å². The summed E-state index contributed by atoms with van der Waals surface area (Å²) in [6.07, 6.45) is 0.906. The smallest absolute Gasteiger partial charge is 0.203 e. The maximum atomic E-state index is 12.8. The maximum absolute atomic E-state index is 12.8. The standard InChI is InChI=1S/C13H14FN3S/c1-3-9(2)16-17-13-15-12(8-18-13)10-4-6-11(14)7-5-10/h4-8H,3H2,1-2H3,(H,15,17). The number of hydrogen-bond donors (Lipinski definition) is 1. The minimum absolute atomic E-state index is 0.240. The molecule has 3 nitrogen and oxygen atoms in total. The number of thiazole rings is 1. The van der Waals surface area contributed by atoms with Crippen molar-refractivity contribution in [3.05, 3.63) is 35.5 Å². The van der Waals surface area contributed by atoms with Crippen LogP contribution in [-0.4, -0.2) is 10.7 Å². The molecule has 1 aromatic carbocycles. The zero-order valence-corrected chi connectivity index (χ0v) is 11.1. The Labute approximate surface area is 109 Å². The fourth-order valence-electron chi connectivity index (χ4n) is 1.30. The molecule has 0 aliphatic heterocycles. The van der Waals surface area contributed by atoms with Gasteiger partial charge in [0, 0.05) is 16.7 Å². The molecule has 0 spiro atoms. The zero-order valence-electron chi connectivity index (χ0n) is 10.3. The van der Waals surface area contributed by atoms with Crippen molar-refractivity contribution in [1.82, 2.24) is 4.98 Å². The highest BCUT2D eigenvalue weighted by Gasteiger charge is 2.04. The van der Waals surface area contributed by atoms with Crippen molar-refractivity contribution in [3.63, 3.8) is 0 Å².